The van der Waals surface area contributed by atoms with E-state index in [2.05, 4.69) is 19.1 Å². The molecule has 0 aliphatic heterocycles. The van der Waals surface area contributed by atoms with Crippen LogP contribution in [0.3, 0.4) is 0 Å². The minimum absolute atomic E-state index is 0.321. The predicted octanol–water partition coefficient (Wildman–Crippen LogP) is 3.10. The zero-order valence-electron chi connectivity index (χ0n) is 8.57. The van der Waals surface area contributed by atoms with Crippen molar-refractivity contribution in [2.45, 2.75) is 32.2 Å². The molecule has 2 saturated carbocycles. The van der Waals surface area contributed by atoms with Crippen LogP contribution in [-0.4, -0.2) is 0 Å². The molecule has 2 fully saturated rings. The van der Waals surface area contributed by atoms with Crippen molar-refractivity contribution in [1.29, 1.82) is 0 Å². The maximum absolute atomic E-state index is 6.31. The number of rotatable bonds is 2. The van der Waals surface area contributed by atoms with E-state index in [1.54, 1.807) is 0 Å². The molecule has 1 nitrogen and oxygen atoms in total. The second kappa shape index (κ2) is 3.07. The van der Waals surface area contributed by atoms with Gasteiger partial charge in [-0.1, -0.05) is 0 Å². The molecule has 0 saturated heterocycles. The van der Waals surface area contributed by atoms with E-state index in [-0.39, 0.29) is 0 Å². The number of fused-ring (bicyclic) bond motifs is 1. The molecule has 14 heavy (non-hydrogen) atoms. The van der Waals surface area contributed by atoms with E-state index in [9.17, 15) is 0 Å². The lowest BCUT2D eigenvalue weighted by Crippen LogP contribution is -2.19. The highest BCUT2D eigenvalue weighted by Crippen LogP contribution is 2.56. The van der Waals surface area contributed by atoms with Gasteiger partial charge in [-0.05, 0) is 56.1 Å². The number of aryl methyl sites for hydroxylation is 1. The van der Waals surface area contributed by atoms with Gasteiger partial charge in [-0.3, -0.25) is 0 Å². The third-order valence-corrected chi connectivity index (χ3v) is 4.98. The van der Waals surface area contributed by atoms with E-state index in [0.29, 0.717) is 6.04 Å². The average Bonchev–Trinajstić information content (AvgIpc) is 2.64. The minimum Gasteiger partial charge on any atom is -0.323 e. The Hall–Kier alpha value is -0.340. The number of nitrogens with two attached hydrogens (primary N) is 1. The lowest BCUT2D eigenvalue weighted by atomic mass is 9.94. The molecule has 0 spiro atoms. The molecule has 3 rings (SSSR count). The van der Waals surface area contributed by atoms with Crippen LogP contribution in [0.1, 0.15) is 35.1 Å². The minimum atomic E-state index is 0.321. The highest BCUT2D eigenvalue weighted by atomic mass is 32.1. The van der Waals surface area contributed by atoms with Crippen LogP contribution < -0.4 is 5.73 Å². The first-order valence-corrected chi connectivity index (χ1v) is 6.37. The van der Waals surface area contributed by atoms with Crippen molar-refractivity contribution in [1.82, 2.24) is 0 Å². The quantitative estimate of drug-likeness (QED) is 0.792. The molecule has 0 amide bonds. The molecule has 1 heterocycles. The molecule has 2 aliphatic carbocycles. The Morgan fingerprint density at radius 2 is 2.00 bits per heavy atom. The smallest absolute Gasteiger partial charge is 0.0418 e. The first kappa shape index (κ1) is 8.93. The molecule has 0 radical (unpaired) electrons. The molecule has 1 aromatic rings. The number of thiophene rings is 1. The summed E-state index contributed by atoms with van der Waals surface area (Å²) in [7, 11) is 0. The van der Waals surface area contributed by atoms with Crippen LogP contribution >= 0.6 is 11.3 Å². The van der Waals surface area contributed by atoms with Gasteiger partial charge in [0, 0.05) is 15.8 Å². The second-order valence-electron chi connectivity index (χ2n) is 4.96. The van der Waals surface area contributed by atoms with Crippen LogP contribution in [0, 0.1) is 24.7 Å². The van der Waals surface area contributed by atoms with Crippen LogP contribution in [0.25, 0.3) is 0 Å². The molecule has 2 heteroatoms. The number of hydrogen-bond acceptors (Lipinski definition) is 2. The average molecular weight is 207 g/mol. The van der Waals surface area contributed by atoms with Gasteiger partial charge < -0.3 is 5.73 Å². The van der Waals surface area contributed by atoms with Gasteiger partial charge in [0.2, 0.25) is 0 Å². The van der Waals surface area contributed by atoms with Crippen molar-refractivity contribution in [3.63, 3.8) is 0 Å². The van der Waals surface area contributed by atoms with Crippen molar-refractivity contribution in [2.75, 3.05) is 0 Å². The molecule has 1 aromatic heterocycles. The predicted molar refractivity (Wildman–Crippen MR) is 60.3 cm³/mol. The summed E-state index contributed by atoms with van der Waals surface area (Å²) in [5, 5.41) is 0. The Morgan fingerprint density at radius 3 is 2.57 bits per heavy atom. The van der Waals surface area contributed by atoms with Crippen molar-refractivity contribution >= 4 is 11.3 Å². The first-order valence-electron chi connectivity index (χ1n) is 5.56. The lowest BCUT2D eigenvalue weighted by molar-refractivity contribution is 0.408. The van der Waals surface area contributed by atoms with Gasteiger partial charge in [0.1, 0.15) is 0 Å². The molecule has 0 aromatic carbocycles. The van der Waals surface area contributed by atoms with Crippen LogP contribution in [0.4, 0.5) is 0 Å². The Labute approximate surface area is 89.3 Å². The van der Waals surface area contributed by atoms with Crippen molar-refractivity contribution in [2.24, 2.45) is 23.5 Å². The lowest BCUT2D eigenvalue weighted by Gasteiger charge is -2.19. The summed E-state index contributed by atoms with van der Waals surface area (Å²) in [5.41, 5.74) is 6.31. The van der Waals surface area contributed by atoms with E-state index in [4.69, 9.17) is 5.73 Å². The molecule has 2 N–H and O–H groups in total. The summed E-state index contributed by atoms with van der Waals surface area (Å²) in [6, 6.07) is 4.73. The van der Waals surface area contributed by atoms with E-state index >= 15 is 0 Å². The van der Waals surface area contributed by atoms with Crippen molar-refractivity contribution in [3.8, 4) is 0 Å². The molecular weight excluding hydrogens is 190 g/mol. The largest absolute Gasteiger partial charge is 0.323 e. The molecular formula is C12H17NS. The van der Waals surface area contributed by atoms with E-state index in [1.165, 1.54) is 29.0 Å². The van der Waals surface area contributed by atoms with Crippen molar-refractivity contribution in [3.05, 3.63) is 21.9 Å². The van der Waals surface area contributed by atoms with Gasteiger partial charge in [0.15, 0.2) is 0 Å². The van der Waals surface area contributed by atoms with E-state index in [1.807, 2.05) is 11.3 Å². The summed E-state index contributed by atoms with van der Waals surface area (Å²) in [4.78, 5) is 2.78. The van der Waals surface area contributed by atoms with Crippen LogP contribution in [-0.2, 0) is 0 Å². The molecule has 2 aliphatic rings. The highest BCUT2D eigenvalue weighted by Gasteiger charge is 2.47. The van der Waals surface area contributed by atoms with Gasteiger partial charge in [-0.2, -0.15) is 0 Å². The number of hydrogen-bond donors (Lipinski definition) is 1. The van der Waals surface area contributed by atoms with E-state index < -0.39 is 0 Å². The first-order chi connectivity index (χ1) is 6.74. The summed E-state index contributed by atoms with van der Waals surface area (Å²) in [5.74, 6) is 2.87. The zero-order valence-corrected chi connectivity index (χ0v) is 9.39. The maximum Gasteiger partial charge on any atom is 0.0418 e. The zero-order chi connectivity index (χ0) is 9.71. The monoisotopic (exact) mass is 207 g/mol. The summed E-state index contributed by atoms with van der Waals surface area (Å²) in [6.07, 6.45) is 4.28. The van der Waals surface area contributed by atoms with E-state index in [0.717, 1.165) is 17.8 Å². The third kappa shape index (κ3) is 1.41. The topological polar surface area (TPSA) is 26.0 Å². The maximum atomic E-state index is 6.31. The molecule has 76 valence electrons. The van der Waals surface area contributed by atoms with Gasteiger partial charge in [0.05, 0.1) is 0 Å². The summed E-state index contributed by atoms with van der Waals surface area (Å²) in [6.45, 7) is 2.16. The second-order valence-corrected chi connectivity index (χ2v) is 6.28. The fraction of sp³-hybridized carbons (Fsp3) is 0.667. The molecule has 3 atom stereocenters. The SMILES string of the molecule is Cc1ccc(C(N)C2CC3CC3C2)s1. The van der Waals surface area contributed by atoms with Gasteiger partial charge in [-0.25, -0.2) is 0 Å². The van der Waals surface area contributed by atoms with Crippen LogP contribution in [0.5, 0.6) is 0 Å². The summed E-state index contributed by atoms with van der Waals surface area (Å²) < 4.78 is 0. The molecule has 0 bridgehead atoms. The molecule has 3 unspecified atom stereocenters. The Balaban J connectivity index is 1.72. The Bertz CT molecular complexity index is 334. The standard InChI is InChI=1S/C12H17NS/c1-7-2-3-11(14-7)12(13)10-5-8-4-9(8)6-10/h2-3,8-10,12H,4-6,13H2,1H3. The van der Waals surface area contributed by atoms with Gasteiger partial charge >= 0.3 is 0 Å². The van der Waals surface area contributed by atoms with Crippen LogP contribution in [0.2, 0.25) is 0 Å². The third-order valence-electron chi connectivity index (χ3n) is 3.88. The van der Waals surface area contributed by atoms with Crippen LogP contribution in [0.15, 0.2) is 12.1 Å². The highest BCUT2D eigenvalue weighted by molar-refractivity contribution is 7.12. The van der Waals surface area contributed by atoms with Crippen molar-refractivity contribution < 1.29 is 0 Å². The normalized spacial score (nSPS) is 36.9. The van der Waals surface area contributed by atoms with Gasteiger partial charge in [0.25, 0.3) is 0 Å². The fourth-order valence-corrected chi connectivity index (χ4v) is 3.89. The Kier molecular flexibility index (Phi) is 1.96. The summed E-state index contributed by atoms with van der Waals surface area (Å²) >= 11 is 1.87. The van der Waals surface area contributed by atoms with Gasteiger partial charge in [-0.15, -0.1) is 11.3 Å². The Morgan fingerprint density at radius 1 is 1.29 bits per heavy atom. The fourth-order valence-electron chi connectivity index (χ4n) is 2.92.